The van der Waals surface area contributed by atoms with Crippen LogP contribution in [0, 0.1) is 0 Å². The molecule has 1 aromatic heterocycles. The molecule has 7 nitrogen and oxygen atoms in total. The molecule has 0 saturated carbocycles. The van der Waals surface area contributed by atoms with Gasteiger partial charge in [-0.3, -0.25) is 4.79 Å². The fourth-order valence-corrected chi connectivity index (χ4v) is 2.44. The highest BCUT2D eigenvalue weighted by molar-refractivity contribution is 6.03. The van der Waals surface area contributed by atoms with Gasteiger partial charge in [0, 0.05) is 17.8 Å². The van der Waals surface area contributed by atoms with Gasteiger partial charge < -0.3 is 19.5 Å². The van der Waals surface area contributed by atoms with Crippen molar-refractivity contribution >= 4 is 11.6 Å². The molecule has 3 aromatic rings. The number of carbonyl (C=O) groups is 1. The lowest BCUT2D eigenvalue weighted by molar-refractivity contribution is 0.102. The summed E-state index contributed by atoms with van der Waals surface area (Å²) in [5.74, 6) is 1.22. The Bertz CT molecular complexity index is 931. The van der Waals surface area contributed by atoms with Crippen LogP contribution in [0.3, 0.4) is 0 Å². The van der Waals surface area contributed by atoms with Crippen LogP contribution in [-0.4, -0.2) is 22.7 Å². The first-order chi connectivity index (χ1) is 12.8. The molecule has 2 aromatic carbocycles. The molecule has 0 bridgehead atoms. The first-order valence-electron chi connectivity index (χ1n) is 7.98. The van der Waals surface area contributed by atoms with Gasteiger partial charge in [-0.2, -0.15) is 0 Å². The molecule has 0 atom stereocenters. The predicted molar refractivity (Wildman–Crippen MR) is 93.3 cm³/mol. The highest BCUT2D eigenvalue weighted by Crippen LogP contribution is 2.34. The monoisotopic (exact) mass is 349 g/mol. The quantitative estimate of drug-likeness (QED) is 0.762. The first-order valence-corrected chi connectivity index (χ1v) is 7.98. The van der Waals surface area contributed by atoms with Crippen molar-refractivity contribution in [3.05, 3.63) is 72.2 Å². The summed E-state index contributed by atoms with van der Waals surface area (Å²) in [6, 6.07) is 16.4. The van der Waals surface area contributed by atoms with Gasteiger partial charge in [0.1, 0.15) is 18.6 Å². The molecule has 0 saturated heterocycles. The Labute approximate surface area is 149 Å². The van der Waals surface area contributed by atoms with Crippen LogP contribution in [0.4, 0.5) is 5.69 Å². The molecule has 7 heteroatoms. The molecule has 2 heterocycles. The van der Waals surface area contributed by atoms with E-state index in [-0.39, 0.29) is 18.4 Å². The SMILES string of the molecule is O=C(Nc1ccc2c(c1)OCO2)c1cc(OCc2ccccc2)ncn1. The molecular formula is C19H15N3O4. The van der Waals surface area contributed by atoms with Crippen molar-refractivity contribution in [2.45, 2.75) is 6.61 Å². The minimum Gasteiger partial charge on any atom is -0.473 e. The molecule has 1 N–H and O–H groups in total. The lowest BCUT2D eigenvalue weighted by atomic mass is 10.2. The van der Waals surface area contributed by atoms with E-state index in [1.807, 2.05) is 30.3 Å². The molecule has 0 aliphatic carbocycles. The Morgan fingerprint density at radius 3 is 2.77 bits per heavy atom. The van der Waals surface area contributed by atoms with Crippen LogP contribution in [0.15, 0.2) is 60.9 Å². The summed E-state index contributed by atoms with van der Waals surface area (Å²) in [6.07, 6.45) is 1.30. The highest BCUT2D eigenvalue weighted by atomic mass is 16.7. The van der Waals surface area contributed by atoms with Gasteiger partial charge in [-0.15, -0.1) is 0 Å². The molecule has 4 rings (SSSR count). The summed E-state index contributed by atoms with van der Waals surface area (Å²) in [5, 5.41) is 2.77. The van der Waals surface area contributed by atoms with Crippen molar-refractivity contribution in [2.75, 3.05) is 12.1 Å². The van der Waals surface area contributed by atoms with Crippen LogP contribution in [-0.2, 0) is 6.61 Å². The van der Waals surface area contributed by atoms with Gasteiger partial charge in [0.25, 0.3) is 5.91 Å². The zero-order valence-corrected chi connectivity index (χ0v) is 13.7. The van der Waals surface area contributed by atoms with Gasteiger partial charge >= 0.3 is 0 Å². The minimum atomic E-state index is -0.365. The lowest BCUT2D eigenvalue weighted by Gasteiger charge is -2.08. The Kier molecular flexibility index (Phi) is 4.34. The van der Waals surface area contributed by atoms with E-state index in [0.29, 0.717) is 29.7 Å². The number of benzene rings is 2. The molecule has 130 valence electrons. The maximum Gasteiger partial charge on any atom is 0.274 e. The van der Waals surface area contributed by atoms with E-state index in [9.17, 15) is 4.79 Å². The van der Waals surface area contributed by atoms with Crippen LogP contribution in [0.25, 0.3) is 0 Å². The molecular weight excluding hydrogens is 334 g/mol. The fourth-order valence-electron chi connectivity index (χ4n) is 2.44. The topological polar surface area (TPSA) is 82.6 Å². The van der Waals surface area contributed by atoms with Crippen molar-refractivity contribution in [1.29, 1.82) is 0 Å². The van der Waals surface area contributed by atoms with Crippen molar-refractivity contribution in [3.63, 3.8) is 0 Å². The number of ether oxygens (including phenoxy) is 3. The van der Waals surface area contributed by atoms with Gasteiger partial charge in [-0.05, 0) is 17.7 Å². The van der Waals surface area contributed by atoms with Crippen molar-refractivity contribution in [2.24, 2.45) is 0 Å². The Morgan fingerprint density at radius 2 is 1.88 bits per heavy atom. The van der Waals surface area contributed by atoms with Crippen LogP contribution < -0.4 is 19.5 Å². The number of hydrogen-bond acceptors (Lipinski definition) is 6. The molecule has 1 aliphatic rings. The standard InChI is InChI=1S/C19H15N3O4/c23-19(22-14-6-7-16-17(8-14)26-12-25-16)15-9-18(21-11-20-15)24-10-13-4-2-1-3-5-13/h1-9,11H,10,12H2,(H,22,23). The predicted octanol–water partition coefficient (Wildman–Crippen LogP) is 3.04. The molecule has 0 radical (unpaired) electrons. The molecule has 1 amide bonds. The average Bonchev–Trinajstić information content (AvgIpc) is 3.15. The third-order valence-corrected chi connectivity index (χ3v) is 3.73. The largest absolute Gasteiger partial charge is 0.473 e. The molecule has 0 unspecified atom stereocenters. The summed E-state index contributed by atoms with van der Waals surface area (Å²) < 4.78 is 16.2. The second kappa shape index (κ2) is 7.10. The minimum absolute atomic E-state index is 0.181. The van der Waals surface area contributed by atoms with Crippen molar-refractivity contribution in [1.82, 2.24) is 9.97 Å². The van der Waals surface area contributed by atoms with E-state index >= 15 is 0 Å². The third kappa shape index (κ3) is 3.56. The first kappa shape index (κ1) is 15.9. The average molecular weight is 349 g/mol. The van der Waals surface area contributed by atoms with Crippen molar-refractivity contribution < 1.29 is 19.0 Å². The normalized spacial score (nSPS) is 11.8. The number of anilines is 1. The molecule has 0 fully saturated rings. The molecule has 0 spiro atoms. The van der Waals surface area contributed by atoms with E-state index < -0.39 is 0 Å². The zero-order valence-electron chi connectivity index (χ0n) is 13.7. The smallest absolute Gasteiger partial charge is 0.274 e. The van der Waals surface area contributed by atoms with E-state index in [1.165, 1.54) is 12.4 Å². The zero-order chi connectivity index (χ0) is 17.8. The highest BCUT2D eigenvalue weighted by Gasteiger charge is 2.15. The number of nitrogens with zero attached hydrogens (tertiary/aromatic N) is 2. The van der Waals surface area contributed by atoms with E-state index in [0.717, 1.165) is 5.56 Å². The van der Waals surface area contributed by atoms with Gasteiger partial charge in [0.05, 0.1) is 0 Å². The van der Waals surface area contributed by atoms with Gasteiger partial charge in [-0.25, -0.2) is 9.97 Å². The Hall–Kier alpha value is -3.61. The summed E-state index contributed by atoms with van der Waals surface area (Å²) in [6.45, 7) is 0.543. The number of hydrogen-bond donors (Lipinski definition) is 1. The number of fused-ring (bicyclic) bond motifs is 1. The van der Waals surface area contributed by atoms with E-state index in [4.69, 9.17) is 14.2 Å². The van der Waals surface area contributed by atoms with Crippen LogP contribution >= 0.6 is 0 Å². The molecule has 26 heavy (non-hydrogen) atoms. The van der Waals surface area contributed by atoms with Gasteiger partial charge in [0.15, 0.2) is 11.5 Å². The number of carbonyl (C=O) groups excluding carboxylic acids is 1. The van der Waals surface area contributed by atoms with Crippen LogP contribution in [0.5, 0.6) is 17.4 Å². The Morgan fingerprint density at radius 1 is 1.04 bits per heavy atom. The number of nitrogens with one attached hydrogen (secondary N) is 1. The Balaban J connectivity index is 1.43. The summed E-state index contributed by atoms with van der Waals surface area (Å²) in [5.41, 5.74) is 1.81. The lowest BCUT2D eigenvalue weighted by Crippen LogP contribution is -2.14. The van der Waals surface area contributed by atoms with Crippen molar-refractivity contribution in [3.8, 4) is 17.4 Å². The van der Waals surface area contributed by atoms with Crippen LogP contribution in [0.2, 0.25) is 0 Å². The molecule has 1 aliphatic heterocycles. The maximum absolute atomic E-state index is 12.4. The van der Waals surface area contributed by atoms with E-state index in [1.54, 1.807) is 18.2 Å². The summed E-state index contributed by atoms with van der Waals surface area (Å²) >= 11 is 0. The third-order valence-electron chi connectivity index (χ3n) is 3.73. The van der Waals surface area contributed by atoms with Gasteiger partial charge in [-0.1, -0.05) is 30.3 Å². The summed E-state index contributed by atoms with van der Waals surface area (Å²) in [4.78, 5) is 20.5. The van der Waals surface area contributed by atoms with E-state index in [2.05, 4.69) is 15.3 Å². The second-order valence-corrected chi connectivity index (χ2v) is 5.54. The van der Waals surface area contributed by atoms with Gasteiger partial charge in [0.2, 0.25) is 12.7 Å². The second-order valence-electron chi connectivity index (χ2n) is 5.54. The number of amides is 1. The van der Waals surface area contributed by atoms with Crippen LogP contribution in [0.1, 0.15) is 16.1 Å². The maximum atomic E-state index is 12.4. The fraction of sp³-hybridized carbons (Fsp3) is 0.105. The number of aromatic nitrogens is 2. The summed E-state index contributed by atoms with van der Waals surface area (Å²) in [7, 11) is 0. The number of rotatable bonds is 5.